The van der Waals surface area contributed by atoms with Crippen molar-refractivity contribution in [3.05, 3.63) is 11.6 Å². The minimum absolute atomic E-state index is 0. The zero-order valence-electron chi connectivity index (χ0n) is 9.34. The molecule has 0 aromatic heterocycles. The third-order valence-corrected chi connectivity index (χ3v) is 4.81. The molecule has 0 spiro atoms. The van der Waals surface area contributed by atoms with E-state index in [9.17, 15) is 9.90 Å². The first-order valence-corrected chi connectivity index (χ1v) is 7.21. The van der Waals surface area contributed by atoms with Crippen LogP contribution in [0.5, 0.6) is 0 Å². The maximum absolute atomic E-state index is 11.2. The molecular formula is C10H13BrN2O2S2. The Kier molecular flexibility index (Phi) is 5.75. The number of carbonyl (C=O) groups is 1. The van der Waals surface area contributed by atoms with Crippen LogP contribution in [-0.4, -0.2) is 45.9 Å². The number of thioether (sulfide) groups is 2. The summed E-state index contributed by atoms with van der Waals surface area (Å²) in [6, 6.07) is 0. The van der Waals surface area contributed by atoms with E-state index in [4.69, 9.17) is 0 Å². The summed E-state index contributed by atoms with van der Waals surface area (Å²) in [7, 11) is 0. The Labute approximate surface area is 119 Å². The summed E-state index contributed by atoms with van der Waals surface area (Å²) in [4.78, 5) is 14.2. The van der Waals surface area contributed by atoms with Gasteiger partial charge in [-0.05, 0) is 29.5 Å². The largest absolute Gasteiger partial charge is 0.858 e. The fourth-order valence-corrected chi connectivity index (χ4v) is 3.68. The lowest BCUT2D eigenvalue weighted by atomic mass is 10.2. The first-order chi connectivity index (χ1) is 7.70. The van der Waals surface area contributed by atoms with Crippen molar-refractivity contribution in [2.45, 2.75) is 6.42 Å². The summed E-state index contributed by atoms with van der Waals surface area (Å²) < 4.78 is 3.56. The molecule has 0 aromatic carbocycles. The summed E-state index contributed by atoms with van der Waals surface area (Å²) in [5.74, 6) is 0.333. The fourth-order valence-electron chi connectivity index (χ4n) is 1.67. The summed E-state index contributed by atoms with van der Waals surface area (Å²) in [5.41, 5.74) is 0.544. The SMILES string of the molecule is Br.CSC1=[N+](CCC2=CC(=O)N=C2[O-])CCS1. The maximum atomic E-state index is 11.2. The fraction of sp³-hybridized carbons (Fsp3) is 0.500. The van der Waals surface area contributed by atoms with E-state index in [1.807, 2.05) is 11.8 Å². The Morgan fingerprint density at radius 2 is 2.41 bits per heavy atom. The van der Waals surface area contributed by atoms with Gasteiger partial charge in [-0.2, -0.15) is 0 Å². The van der Waals surface area contributed by atoms with Gasteiger partial charge in [-0.1, -0.05) is 11.8 Å². The Bertz CT molecular complexity index is 419. The first-order valence-electron chi connectivity index (χ1n) is 5.00. The second kappa shape index (κ2) is 6.61. The number of amides is 1. The highest BCUT2D eigenvalue weighted by atomic mass is 79.9. The molecule has 17 heavy (non-hydrogen) atoms. The van der Waals surface area contributed by atoms with Gasteiger partial charge in [-0.3, -0.25) is 4.79 Å². The Balaban J connectivity index is 0.00000144. The van der Waals surface area contributed by atoms with Gasteiger partial charge in [0, 0.05) is 12.5 Å². The van der Waals surface area contributed by atoms with Gasteiger partial charge < -0.3 is 5.11 Å². The maximum Gasteiger partial charge on any atom is 0.269 e. The molecule has 0 unspecified atom stereocenters. The van der Waals surface area contributed by atoms with Crippen LogP contribution < -0.4 is 5.11 Å². The van der Waals surface area contributed by atoms with Crippen molar-refractivity contribution in [1.82, 2.24) is 0 Å². The van der Waals surface area contributed by atoms with Gasteiger partial charge >= 0.3 is 0 Å². The van der Waals surface area contributed by atoms with Crippen LogP contribution in [0.15, 0.2) is 16.6 Å². The molecule has 0 atom stereocenters. The standard InChI is InChI=1S/C10H12N2O2S2.BrH/c1-15-10-12(4-5-16-10)3-2-7-6-8(13)11-9(7)14;/h6H,2-5H2,1H3;1H. The lowest BCUT2D eigenvalue weighted by molar-refractivity contribution is -0.514. The van der Waals surface area contributed by atoms with Crippen molar-refractivity contribution in [3.8, 4) is 0 Å². The van der Waals surface area contributed by atoms with Crippen LogP contribution >= 0.6 is 40.5 Å². The van der Waals surface area contributed by atoms with Crippen molar-refractivity contribution in [2.24, 2.45) is 4.99 Å². The van der Waals surface area contributed by atoms with Gasteiger partial charge in [-0.25, -0.2) is 9.57 Å². The number of hydrogen-bond donors (Lipinski definition) is 0. The molecule has 2 aliphatic rings. The number of carbonyl (C=O) groups excluding carboxylic acids is 1. The summed E-state index contributed by atoms with van der Waals surface area (Å²) in [6.07, 6.45) is 4.02. The molecule has 0 aliphatic carbocycles. The zero-order chi connectivity index (χ0) is 11.5. The van der Waals surface area contributed by atoms with Crippen LogP contribution in [0.3, 0.4) is 0 Å². The highest BCUT2D eigenvalue weighted by Gasteiger charge is 2.22. The smallest absolute Gasteiger partial charge is 0.269 e. The molecule has 0 saturated heterocycles. The number of rotatable bonds is 3. The van der Waals surface area contributed by atoms with E-state index in [1.54, 1.807) is 11.8 Å². The van der Waals surface area contributed by atoms with Gasteiger partial charge in [0.15, 0.2) is 6.54 Å². The molecule has 7 heteroatoms. The van der Waals surface area contributed by atoms with E-state index in [0.717, 1.165) is 18.8 Å². The van der Waals surface area contributed by atoms with Crippen molar-refractivity contribution < 1.29 is 14.5 Å². The Morgan fingerprint density at radius 1 is 1.65 bits per heavy atom. The number of aliphatic imine (C=N–C) groups is 1. The number of hydrogen-bond acceptors (Lipinski definition) is 4. The van der Waals surface area contributed by atoms with Crippen molar-refractivity contribution in [2.75, 3.05) is 25.1 Å². The van der Waals surface area contributed by atoms with Gasteiger partial charge in [0.05, 0.1) is 5.75 Å². The van der Waals surface area contributed by atoms with Crippen LogP contribution in [0, 0.1) is 0 Å². The van der Waals surface area contributed by atoms with E-state index in [0.29, 0.717) is 12.0 Å². The lowest BCUT2D eigenvalue weighted by Crippen LogP contribution is -2.22. The molecule has 1 amide bonds. The summed E-state index contributed by atoms with van der Waals surface area (Å²) in [5, 5.41) is 11.2. The molecule has 0 radical (unpaired) electrons. The van der Waals surface area contributed by atoms with Gasteiger partial charge in [0.25, 0.3) is 10.3 Å². The van der Waals surface area contributed by atoms with E-state index in [2.05, 4.69) is 15.8 Å². The molecule has 0 fully saturated rings. The van der Waals surface area contributed by atoms with Crippen LogP contribution in [0.4, 0.5) is 0 Å². The molecule has 2 rings (SSSR count). The molecule has 4 nitrogen and oxygen atoms in total. The molecule has 2 aliphatic heterocycles. The molecule has 0 aromatic rings. The van der Waals surface area contributed by atoms with Gasteiger partial charge in [0.1, 0.15) is 6.54 Å². The van der Waals surface area contributed by atoms with Gasteiger partial charge in [0.2, 0.25) is 0 Å². The average Bonchev–Trinajstić information content (AvgIpc) is 2.81. The predicted molar refractivity (Wildman–Crippen MR) is 76.4 cm³/mol. The lowest BCUT2D eigenvalue weighted by Gasteiger charge is -2.07. The monoisotopic (exact) mass is 336 g/mol. The highest BCUT2D eigenvalue weighted by Crippen LogP contribution is 2.20. The molecule has 0 saturated carbocycles. The van der Waals surface area contributed by atoms with Crippen LogP contribution in [-0.2, 0) is 4.79 Å². The minimum atomic E-state index is -0.412. The van der Waals surface area contributed by atoms with Crippen LogP contribution in [0.25, 0.3) is 0 Å². The minimum Gasteiger partial charge on any atom is -0.858 e. The van der Waals surface area contributed by atoms with Crippen LogP contribution in [0.1, 0.15) is 6.42 Å². The van der Waals surface area contributed by atoms with E-state index < -0.39 is 5.91 Å². The van der Waals surface area contributed by atoms with Crippen molar-refractivity contribution in [3.63, 3.8) is 0 Å². The van der Waals surface area contributed by atoms with E-state index in [1.165, 1.54) is 10.5 Å². The quantitative estimate of drug-likeness (QED) is 0.710. The van der Waals surface area contributed by atoms with E-state index in [-0.39, 0.29) is 22.9 Å². The summed E-state index contributed by atoms with van der Waals surface area (Å²) in [6.45, 7) is 1.82. The third kappa shape index (κ3) is 3.59. The van der Waals surface area contributed by atoms with Crippen molar-refractivity contribution >= 4 is 56.7 Å². The van der Waals surface area contributed by atoms with Crippen LogP contribution in [0.2, 0.25) is 0 Å². The predicted octanol–water partition coefficient (Wildman–Crippen LogP) is 0.658. The zero-order valence-corrected chi connectivity index (χ0v) is 12.7. The molecule has 2 heterocycles. The molecular weight excluding hydrogens is 324 g/mol. The van der Waals surface area contributed by atoms with Crippen molar-refractivity contribution in [1.29, 1.82) is 0 Å². The normalized spacial score (nSPS) is 19.2. The second-order valence-corrected chi connectivity index (χ2v) is 5.62. The molecule has 0 N–H and O–H groups in total. The van der Waals surface area contributed by atoms with E-state index >= 15 is 0 Å². The molecule has 0 bridgehead atoms. The highest BCUT2D eigenvalue weighted by molar-refractivity contribution is 8.93. The third-order valence-electron chi connectivity index (χ3n) is 2.45. The topological polar surface area (TPSA) is 55.5 Å². The summed E-state index contributed by atoms with van der Waals surface area (Å²) >= 11 is 3.58. The number of nitrogens with zero attached hydrogens (tertiary/aromatic N) is 2. The van der Waals surface area contributed by atoms with Gasteiger partial charge in [-0.15, -0.1) is 17.0 Å². The molecule has 94 valence electrons. The average molecular weight is 337 g/mol. The first kappa shape index (κ1) is 14.8. The Hall–Kier alpha value is -0.270. The second-order valence-electron chi connectivity index (χ2n) is 3.48. The Morgan fingerprint density at radius 3 is 3.00 bits per heavy atom. The number of halogens is 1.